The lowest BCUT2D eigenvalue weighted by atomic mass is 10.0. The number of carbonyl (C=O) groups is 7. The van der Waals surface area contributed by atoms with Gasteiger partial charge in [-0.1, -0.05) is 36.4 Å². The van der Waals surface area contributed by atoms with Crippen molar-refractivity contribution >= 4 is 47.5 Å². The molecule has 0 saturated carbocycles. The Balaban J connectivity index is 1.78. The molecule has 0 radical (unpaired) electrons. The van der Waals surface area contributed by atoms with Crippen molar-refractivity contribution in [2.24, 2.45) is 0 Å². The molecule has 3 rings (SSSR count). The van der Waals surface area contributed by atoms with Crippen molar-refractivity contribution in [1.29, 1.82) is 0 Å². The number of carbonyl (C=O) groups excluding carboxylic acids is 7. The van der Waals surface area contributed by atoms with E-state index in [1.165, 1.54) is 24.3 Å². The first-order chi connectivity index (χ1) is 24.5. The average molecular weight is 738 g/mol. The van der Waals surface area contributed by atoms with E-state index < -0.39 is 83.1 Å². The number of alkyl carbamates (subject to hydrolysis) is 1. The molecule has 1 fully saturated rings. The third-order valence-corrected chi connectivity index (χ3v) is 7.20. The second-order valence-corrected chi connectivity index (χ2v) is 15.5. The summed E-state index contributed by atoms with van der Waals surface area (Å²) in [5, 5.41) is 10.4. The Morgan fingerprint density at radius 1 is 0.792 bits per heavy atom. The number of rotatable bonds is 13. The molecule has 1 aliphatic heterocycles. The largest absolute Gasteiger partial charge is 0.460 e. The maximum Gasteiger partial charge on any atom is 0.407 e. The molecule has 0 bridgehead atoms. The van der Waals surface area contributed by atoms with Crippen LogP contribution in [0.4, 0.5) is 15.3 Å². The highest BCUT2D eigenvalue weighted by molar-refractivity contribution is 6.21. The molecular weight excluding hydrogens is 686 g/mol. The zero-order valence-corrected chi connectivity index (χ0v) is 31.8. The highest BCUT2D eigenvalue weighted by Gasteiger charge is 2.39. The summed E-state index contributed by atoms with van der Waals surface area (Å²) in [5.41, 5.74) is -1.95. The van der Waals surface area contributed by atoms with Crippen molar-refractivity contribution < 1.29 is 47.8 Å². The molecule has 0 aliphatic carbocycles. The molecule has 4 N–H and O–H groups in total. The van der Waals surface area contributed by atoms with Gasteiger partial charge in [0.05, 0.1) is 12.1 Å². The van der Waals surface area contributed by atoms with Gasteiger partial charge < -0.3 is 35.5 Å². The van der Waals surface area contributed by atoms with E-state index in [-0.39, 0.29) is 24.2 Å². The first-order valence-corrected chi connectivity index (χ1v) is 17.4. The van der Waals surface area contributed by atoms with E-state index in [1.807, 2.05) is 0 Å². The second kappa shape index (κ2) is 17.4. The van der Waals surface area contributed by atoms with Crippen molar-refractivity contribution in [3.05, 3.63) is 65.7 Å². The summed E-state index contributed by atoms with van der Waals surface area (Å²) in [6.07, 6.45) is -0.583. The van der Waals surface area contributed by atoms with E-state index in [2.05, 4.69) is 21.3 Å². The van der Waals surface area contributed by atoms with Gasteiger partial charge in [0, 0.05) is 12.1 Å². The van der Waals surface area contributed by atoms with Crippen LogP contribution in [-0.4, -0.2) is 77.2 Å². The van der Waals surface area contributed by atoms with E-state index in [1.54, 1.807) is 92.6 Å². The molecule has 1 heterocycles. The van der Waals surface area contributed by atoms with Gasteiger partial charge in [-0.3, -0.25) is 19.2 Å². The lowest BCUT2D eigenvalue weighted by Crippen LogP contribution is -2.50. The third-order valence-electron chi connectivity index (χ3n) is 7.20. The van der Waals surface area contributed by atoms with Crippen LogP contribution >= 0.6 is 0 Å². The number of anilines is 1. The number of hydrogen-bond acceptors (Lipinski definition) is 10. The van der Waals surface area contributed by atoms with Crippen molar-refractivity contribution in [2.45, 2.75) is 117 Å². The van der Waals surface area contributed by atoms with Crippen LogP contribution in [-0.2, 0) is 33.4 Å². The number of nitrogens with one attached hydrogen (secondary N) is 4. The van der Waals surface area contributed by atoms with Crippen LogP contribution in [0.5, 0.6) is 0 Å². The van der Waals surface area contributed by atoms with Gasteiger partial charge in [0.1, 0.15) is 28.9 Å². The Morgan fingerprint density at radius 2 is 1.42 bits per heavy atom. The van der Waals surface area contributed by atoms with E-state index in [0.717, 1.165) is 4.90 Å². The van der Waals surface area contributed by atoms with Crippen LogP contribution in [0.3, 0.4) is 0 Å². The normalized spacial score (nSPS) is 15.8. The van der Waals surface area contributed by atoms with Crippen molar-refractivity contribution in [2.75, 3.05) is 11.4 Å². The minimum Gasteiger partial charge on any atom is -0.460 e. The van der Waals surface area contributed by atoms with Gasteiger partial charge >= 0.3 is 24.1 Å². The molecule has 15 heteroatoms. The minimum atomic E-state index is -1.51. The fourth-order valence-corrected chi connectivity index (χ4v) is 5.10. The fourth-order valence-electron chi connectivity index (χ4n) is 5.10. The molecule has 0 aromatic heterocycles. The zero-order valence-electron chi connectivity index (χ0n) is 31.8. The Labute approximate surface area is 309 Å². The predicted octanol–water partition coefficient (Wildman–Crippen LogP) is 4.45. The van der Waals surface area contributed by atoms with Crippen molar-refractivity contribution in [1.82, 2.24) is 21.3 Å². The standard InChI is InChI=1S/C38H51N5O10/c1-36(2,3)51-28(44)22-27(31(46)42-29(23-15-11-10-12-16-23)33(48)52-37(4,5)6)40-30(45)24-17-13-18-25(21-24)43-32(47)26(41-34(43)49)19-14-20-39-35(50)53-38(7,8)9/h10-13,15-18,21,26-27,29H,14,19-20,22H2,1-9H3,(H,39,50)(H,40,45)(H,41,49)(H,42,46)/t26-,27-,29-/m0/s1. The van der Waals surface area contributed by atoms with E-state index in [0.29, 0.717) is 12.0 Å². The maximum atomic E-state index is 13.8. The number of amides is 6. The number of ether oxygens (including phenoxy) is 3. The van der Waals surface area contributed by atoms with Gasteiger partial charge in [-0.15, -0.1) is 0 Å². The Bertz CT molecular complexity index is 1670. The van der Waals surface area contributed by atoms with E-state index in [9.17, 15) is 33.6 Å². The molecule has 53 heavy (non-hydrogen) atoms. The molecule has 15 nitrogen and oxygen atoms in total. The second-order valence-electron chi connectivity index (χ2n) is 15.5. The SMILES string of the molecule is CC(C)(C)OC(=O)C[C@H](NC(=O)c1cccc(N2C(=O)N[C@@H](CCCNC(=O)OC(C)(C)C)C2=O)c1)C(=O)N[C@H](C(=O)OC(C)(C)C)c1ccccc1. The molecule has 6 amide bonds. The quantitative estimate of drug-likeness (QED) is 0.0987. The summed E-state index contributed by atoms with van der Waals surface area (Å²) in [5.74, 6) is -3.76. The predicted molar refractivity (Wildman–Crippen MR) is 195 cm³/mol. The van der Waals surface area contributed by atoms with Crippen molar-refractivity contribution in [3.8, 4) is 0 Å². The lowest BCUT2D eigenvalue weighted by Gasteiger charge is -2.27. The molecule has 1 aliphatic rings. The summed E-state index contributed by atoms with van der Waals surface area (Å²) >= 11 is 0. The summed E-state index contributed by atoms with van der Waals surface area (Å²) in [7, 11) is 0. The lowest BCUT2D eigenvalue weighted by molar-refractivity contribution is -0.159. The summed E-state index contributed by atoms with van der Waals surface area (Å²) in [6, 6.07) is 9.65. The van der Waals surface area contributed by atoms with E-state index in [4.69, 9.17) is 14.2 Å². The number of imide groups is 1. The first kappa shape index (κ1) is 41.9. The number of nitrogens with zero attached hydrogens (tertiary/aromatic N) is 1. The van der Waals surface area contributed by atoms with Crippen LogP contribution in [0.25, 0.3) is 0 Å². The molecular formula is C38H51N5O10. The molecule has 2 aromatic carbocycles. The molecule has 3 atom stereocenters. The van der Waals surface area contributed by atoms with Crippen LogP contribution in [0.2, 0.25) is 0 Å². The molecule has 1 saturated heterocycles. The van der Waals surface area contributed by atoms with Gasteiger partial charge in [-0.2, -0.15) is 0 Å². The monoisotopic (exact) mass is 737 g/mol. The van der Waals surface area contributed by atoms with Crippen LogP contribution < -0.4 is 26.2 Å². The van der Waals surface area contributed by atoms with Crippen LogP contribution in [0.15, 0.2) is 54.6 Å². The van der Waals surface area contributed by atoms with Crippen LogP contribution in [0.1, 0.15) is 104 Å². The van der Waals surface area contributed by atoms with Gasteiger partial charge in [-0.05, 0) is 98.9 Å². The third kappa shape index (κ3) is 13.5. The van der Waals surface area contributed by atoms with Gasteiger partial charge in [0.25, 0.3) is 11.8 Å². The first-order valence-electron chi connectivity index (χ1n) is 17.4. The van der Waals surface area contributed by atoms with Crippen LogP contribution in [0, 0.1) is 0 Å². The topological polar surface area (TPSA) is 199 Å². The van der Waals surface area contributed by atoms with Gasteiger partial charge in [0.2, 0.25) is 5.91 Å². The highest BCUT2D eigenvalue weighted by atomic mass is 16.6. The average Bonchev–Trinajstić information content (AvgIpc) is 3.31. The summed E-state index contributed by atoms with van der Waals surface area (Å²) in [4.78, 5) is 92.6. The summed E-state index contributed by atoms with van der Waals surface area (Å²) < 4.78 is 16.2. The minimum absolute atomic E-state index is 0.0261. The van der Waals surface area contributed by atoms with Crippen molar-refractivity contribution in [3.63, 3.8) is 0 Å². The molecule has 0 spiro atoms. The summed E-state index contributed by atoms with van der Waals surface area (Å²) in [6.45, 7) is 15.4. The number of esters is 2. The zero-order chi connectivity index (χ0) is 39.7. The molecule has 288 valence electrons. The number of urea groups is 1. The number of benzene rings is 2. The van der Waals surface area contributed by atoms with E-state index >= 15 is 0 Å². The smallest absolute Gasteiger partial charge is 0.407 e. The number of hydrogen-bond donors (Lipinski definition) is 4. The Morgan fingerprint density at radius 3 is 2.02 bits per heavy atom. The fraction of sp³-hybridized carbons (Fsp3) is 0.500. The highest BCUT2D eigenvalue weighted by Crippen LogP contribution is 2.24. The van der Waals surface area contributed by atoms with Gasteiger partial charge in [0.15, 0.2) is 6.04 Å². The Kier molecular flexibility index (Phi) is 13.7. The molecule has 0 unspecified atom stereocenters. The Hall–Kier alpha value is -5.47. The molecule has 2 aromatic rings. The maximum absolute atomic E-state index is 13.8. The van der Waals surface area contributed by atoms with Gasteiger partial charge in [-0.25, -0.2) is 19.3 Å².